The van der Waals surface area contributed by atoms with Gasteiger partial charge >= 0.3 is 0 Å². The Morgan fingerprint density at radius 3 is 2.62 bits per heavy atom. The normalized spacial score (nSPS) is 27.7. The summed E-state index contributed by atoms with van der Waals surface area (Å²) < 4.78 is 0. The van der Waals surface area contributed by atoms with Crippen molar-refractivity contribution in [3.05, 3.63) is 11.6 Å². The lowest BCUT2D eigenvalue weighted by Crippen LogP contribution is -2.27. The molecule has 0 saturated heterocycles. The van der Waals surface area contributed by atoms with Gasteiger partial charge in [-0.1, -0.05) is 13.8 Å². The Hall–Kier alpha value is -0.900. The summed E-state index contributed by atoms with van der Waals surface area (Å²) in [5.41, 5.74) is 0. The maximum Gasteiger partial charge on any atom is 0.153 e. The fourth-order valence-electron chi connectivity index (χ4n) is 1.54. The third-order valence-electron chi connectivity index (χ3n) is 2.54. The van der Waals surface area contributed by atoms with Gasteiger partial charge in [0.1, 0.15) is 5.82 Å². The molecule has 0 bridgehead atoms. The average Bonchev–Trinajstić information content (AvgIpc) is 2.46. The van der Waals surface area contributed by atoms with Gasteiger partial charge in [-0.25, -0.2) is 4.98 Å². The van der Waals surface area contributed by atoms with E-state index in [-0.39, 0.29) is 6.10 Å². The van der Waals surface area contributed by atoms with Crippen LogP contribution in [0.5, 0.6) is 0 Å². The van der Waals surface area contributed by atoms with E-state index in [2.05, 4.69) is 29.0 Å². The molecule has 1 heterocycles. The Balaban J connectivity index is 2.06. The van der Waals surface area contributed by atoms with Crippen LogP contribution in [0.3, 0.4) is 0 Å². The highest BCUT2D eigenvalue weighted by atomic mass is 16.3. The number of rotatable bonds is 2. The number of nitrogens with one attached hydrogen (secondary N) is 1. The zero-order valence-corrected chi connectivity index (χ0v) is 7.99. The van der Waals surface area contributed by atoms with Crippen molar-refractivity contribution in [3.8, 4) is 0 Å². The molecule has 13 heavy (non-hydrogen) atoms. The van der Waals surface area contributed by atoms with E-state index in [4.69, 9.17) is 5.11 Å². The SMILES string of the molecule is CC(C)c1n[nH]c(C2CC(O)C2)n1. The van der Waals surface area contributed by atoms with Crippen molar-refractivity contribution in [2.24, 2.45) is 0 Å². The number of nitrogens with zero attached hydrogens (tertiary/aromatic N) is 2. The van der Waals surface area contributed by atoms with E-state index in [1.165, 1.54) is 0 Å². The number of aromatic nitrogens is 3. The van der Waals surface area contributed by atoms with Crippen LogP contribution in [0.2, 0.25) is 0 Å². The highest BCUT2D eigenvalue weighted by molar-refractivity contribution is 5.05. The first-order chi connectivity index (χ1) is 6.16. The van der Waals surface area contributed by atoms with E-state index in [9.17, 15) is 0 Å². The van der Waals surface area contributed by atoms with Crippen LogP contribution in [-0.4, -0.2) is 26.4 Å². The zero-order chi connectivity index (χ0) is 9.42. The topological polar surface area (TPSA) is 61.8 Å². The minimum atomic E-state index is -0.127. The Bertz CT molecular complexity index is 289. The summed E-state index contributed by atoms with van der Waals surface area (Å²) in [7, 11) is 0. The number of hydrogen-bond acceptors (Lipinski definition) is 3. The molecule has 1 aliphatic carbocycles. The molecule has 2 rings (SSSR count). The second-order valence-electron chi connectivity index (χ2n) is 4.06. The Morgan fingerprint density at radius 2 is 2.15 bits per heavy atom. The lowest BCUT2D eigenvalue weighted by Gasteiger charge is -2.29. The second-order valence-corrected chi connectivity index (χ2v) is 4.06. The van der Waals surface area contributed by atoms with E-state index in [0.29, 0.717) is 11.8 Å². The van der Waals surface area contributed by atoms with Gasteiger partial charge in [-0.2, -0.15) is 5.10 Å². The molecule has 1 fully saturated rings. The van der Waals surface area contributed by atoms with Crippen molar-refractivity contribution in [3.63, 3.8) is 0 Å². The molecule has 2 N–H and O–H groups in total. The van der Waals surface area contributed by atoms with Crippen LogP contribution < -0.4 is 0 Å². The van der Waals surface area contributed by atoms with Crippen LogP contribution in [0.25, 0.3) is 0 Å². The quantitative estimate of drug-likeness (QED) is 0.719. The lowest BCUT2D eigenvalue weighted by molar-refractivity contribution is 0.0717. The van der Waals surface area contributed by atoms with Crippen LogP contribution >= 0.6 is 0 Å². The fraction of sp³-hybridized carbons (Fsp3) is 0.778. The Labute approximate surface area is 77.4 Å². The molecule has 72 valence electrons. The van der Waals surface area contributed by atoms with E-state index in [1.807, 2.05) is 0 Å². The minimum absolute atomic E-state index is 0.127. The standard InChI is InChI=1S/C9H15N3O/c1-5(2)8-10-9(12-11-8)6-3-7(13)4-6/h5-7,13H,3-4H2,1-2H3,(H,10,11,12). The monoisotopic (exact) mass is 181 g/mol. The molecule has 1 aliphatic rings. The molecule has 0 radical (unpaired) electrons. The van der Waals surface area contributed by atoms with Gasteiger partial charge < -0.3 is 5.11 Å². The summed E-state index contributed by atoms with van der Waals surface area (Å²) in [5, 5.41) is 16.2. The van der Waals surface area contributed by atoms with E-state index < -0.39 is 0 Å². The van der Waals surface area contributed by atoms with Gasteiger partial charge in [-0.15, -0.1) is 0 Å². The van der Waals surface area contributed by atoms with Crippen molar-refractivity contribution in [1.29, 1.82) is 0 Å². The molecule has 0 spiro atoms. The molecule has 0 atom stereocenters. The van der Waals surface area contributed by atoms with Crippen molar-refractivity contribution < 1.29 is 5.11 Å². The third kappa shape index (κ3) is 1.58. The number of aliphatic hydroxyl groups excluding tert-OH is 1. The average molecular weight is 181 g/mol. The molecular formula is C9H15N3O. The first-order valence-corrected chi connectivity index (χ1v) is 4.77. The first-order valence-electron chi connectivity index (χ1n) is 4.77. The molecule has 4 nitrogen and oxygen atoms in total. The van der Waals surface area contributed by atoms with Crippen molar-refractivity contribution >= 4 is 0 Å². The van der Waals surface area contributed by atoms with Gasteiger partial charge in [-0.3, -0.25) is 5.10 Å². The zero-order valence-electron chi connectivity index (χ0n) is 7.99. The van der Waals surface area contributed by atoms with Gasteiger partial charge in [-0.05, 0) is 12.8 Å². The van der Waals surface area contributed by atoms with Crippen LogP contribution in [0.15, 0.2) is 0 Å². The molecule has 0 amide bonds. The summed E-state index contributed by atoms with van der Waals surface area (Å²) in [5.74, 6) is 2.58. The minimum Gasteiger partial charge on any atom is -0.393 e. The van der Waals surface area contributed by atoms with Crippen molar-refractivity contribution in [2.45, 2.75) is 44.6 Å². The van der Waals surface area contributed by atoms with Crippen LogP contribution in [0, 0.1) is 0 Å². The number of H-pyrrole nitrogens is 1. The summed E-state index contributed by atoms with van der Waals surface area (Å²) in [6.45, 7) is 4.14. The number of aliphatic hydroxyl groups is 1. The lowest BCUT2D eigenvalue weighted by atomic mass is 9.82. The molecule has 0 unspecified atom stereocenters. The maximum atomic E-state index is 9.13. The van der Waals surface area contributed by atoms with Gasteiger partial charge in [0.2, 0.25) is 0 Å². The first kappa shape index (κ1) is 8.69. The van der Waals surface area contributed by atoms with Crippen LogP contribution in [-0.2, 0) is 0 Å². The van der Waals surface area contributed by atoms with Crippen LogP contribution in [0.4, 0.5) is 0 Å². The highest BCUT2D eigenvalue weighted by Crippen LogP contribution is 2.34. The Kier molecular flexibility index (Phi) is 2.07. The molecule has 4 heteroatoms. The molecule has 0 aliphatic heterocycles. The summed E-state index contributed by atoms with van der Waals surface area (Å²) in [6.07, 6.45) is 1.53. The smallest absolute Gasteiger partial charge is 0.153 e. The maximum absolute atomic E-state index is 9.13. The van der Waals surface area contributed by atoms with Gasteiger partial charge in [0.25, 0.3) is 0 Å². The summed E-state index contributed by atoms with van der Waals surface area (Å²) >= 11 is 0. The predicted molar refractivity (Wildman–Crippen MR) is 48.5 cm³/mol. The molecular weight excluding hydrogens is 166 g/mol. The Morgan fingerprint density at radius 1 is 1.46 bits per heavy atom. The second kappa shape index (κ2) is 3.10. The number of aromatic amines is 1. The molecule has 1 aromatic rings. The highest BCUT2D eigenvalue weighted by Gasteiger charge is 2.31. The molecule has 1 aromatic heterocycles. The van der Waals surface area contributed by atoms with E-state index in [1.54, 1.807) is 0 Å². The van der Waals surface area contributed by atoms with Gasteiger partial charge in [0.15, 0.2) is 5.82 Å². The van der Waals surface area contributed by atoms with Gasteiger partial charge in [0.05, 0.1) is 6.10 Å². The predicted octanol–water partition coefficient (Wildman–Crippen LogP) is 1.17. The van der Waals surface area contributed by atoms with Crippen molar-refractivity contribution in [1.82, 2.24) is 15.2 Å². The molecule has 1 saturated carbocycles. The van der Waals surface area contributed by atoms with Gasteiger partial charge in [0, 0.05) is 11.8 Å². The molecule has 0 aromatic carbocycles. The third-order valence-corrected chi connectivity index (χ3v) is 2.54. The fourth-order valence-corrected chi connectivity index (χ4v) is 1.54. The summed E-state index contributed by atoms with van der Waals surface area (Å²) in [6, 6.07) is 0. The van der Waals surface area contributed by atoms with Crippen LogP contribution in [0.1, 0.15) is 50.2 Å². The van der Waals surface area contributed by atoms with E-state index in [0.717, 1.165) is 24.5 Å². The largest absolute Gasteiger partial charge is 0.393 e. The number of hydrogen-bond donors (Lipinski definition) is 2. The van der Waals surface area contributed by atoms with E-state index >= 15 is 0 Å². The summed E-state index contributed by atoms with van der Waals surface area (Å²) in [4.78, 5) is 4.39. The van der Waals surface area contributed by atoms with Crippen molar-refractivity contribution in [2.75, 3.05) is 0 Å².